The molecular weight excluding hydrogens is 324 g/mol. The lowest BCUT2D eigenvalue weighted by Crippen LogP contribution is -2.36. The van der Waals surface area contributed by atoms with E-state index >= 15 is 0 Å². The van der Waals surface area contributed by atoms with Gasteiger partial charge in [-0.15, -0.1) is 0 Å². The van der Waals surface area contributed by atoms with E-state index < -0.39 is 6.04 Å². The van der Waals surface area contributed by atoms with Gasteiger partial charge in [0.2, 0.25) is 12.7 Å². The highest BCUT2D eigenvalue weighted by Gasteiger charge is 2.25. The van der Waals surface area contributed by atoms with Gasteiger partial charge >= 0.3 is 0 Å². The number of likely N-dealkylation sites (N-methyl/N-ethyl adjacent to an activating group) is 1. The number of aromatic nitrogens is 2. The first kappa shape index (κ1) is 17.2. The summed E-state index contributed by atoms with van der Waals surface area (Å²) in [4.78, 5) is 14.6. The number of H-pyrrole nitrogens is 1. The molecular formula is C17H22N4O4. The standard InChI is InChI=1S/C17H22N4O4/c1-21(2)16(11-4-5-14-15(6-11)25-10-24-14)17(22)18-8-12-7-13(9-23-3)20-19-12/h4-7,16H,8-10H2,1-3H3,(H,18,22)(H,19,20). The monoisotopic (exact) mass is 346 g/mol. The highest BCUT2D eigenvalue weighted by atomic mass is 16.7. The lowest BCUT2D eigenvalue weighted by molar-refractivity contribution is -0.126. The molecule has 0 fully saturated rings. The number of ether oxygens (including phenoxy) is 3. The van der Waals surface area contributed by atoms with Gasteiger partial charge in [0.15, 0.2) is 11.5 Å². The molecule has 25 heavy (non-hydrogen) atoms. The second-order valence-corrected chi connectivity index (χ2v) is 6.01. The first-order valence-corrected chi connectivity index (χ1v) is 7.94. The number of methoxy groups -OCH3 is 1. The molecule has 1 amide bonds. The van der Waals surface area contributed by atoms with Crippen LogP contribution in [-0.4, -0.2) is 49.0 Å². The number of carbonyl (C=O) groups is 1. The Bertz CT molecular complexity index is 744. The number of aromatic amines is 1. The van der Waals surface area contributed by atoms with Gasteiger partial charge < -0.3 is 19.5 Å². The van der Waals surface area contributed by atoms with Gasteiger partial charge in [0.05, 0.1) is 24.5 Å². The zero-order chi connectivity index (χ0) is 17.8. The molecule has 1 aliphatic rings. The third kappa shape index (κ3) is 3.92. The third-order valence-electron chi connectivity index (χ3n) is 3.91. The number of carbonyl (C=O) groups excluding carboxylic acids is 1. The number of hydrogen-bond donors (Lipinski definition) is 2. The van der Waals surface area contributed by atoms with Crippen LogP contribution in [0.4, 0.5) is 0 Å². The van der Waals surface area contributed by atoms with Crippen LogP contribution in [0.1, 0.15) is 23.0 Å². The topological polar surface area (TPSA) is 88.7 Å². The quantitative estimate of drug-likeness (QED) is 0.783. The zero-order valence-corrected chi connectivity index (χ0v) is 14.5. The maximum absolute atomic E-state index is 12.7. The zero-order valence-electron chi connectivity index (χ0n) is 14.5. The van der Waals surface area contributed by atoms with Crippen LogP contribution in [-0.2, 0) is 22.7 Å². The number of hydrogen-bond acceptors (Lipinski definition) is 6. The minimum atomic E-state index is -0.434. The van der Waals surface area contributed by atoms with E-state index in [1.165, 1.54) is 0 Å². The molecule has 3 rings (SSSR count). The van der Waals surface area contributed by atoms with E-state index in [1.54, 1.807) is 7.11 Å². The molecule has 1 atom stereocenters. The smallest absolute Gasteiger partial charge is 0.242 e. The normalized spacial score (nSPS) is 13.9. The highest BCUT2D eigenvalue weighted by molar-refractivity contribution is 5.83. The molecule has 0 saturated heterocycles. The van der Waals surface area contributed by atoms with Gasteiger partial charge in [0, 0.05) is 7.11 Å². The predicted molar refractivity (Wildman–Crippen MR) is 90.1 cm³/mol. The molecule has 1 aromatic heterocycles. The van der Waals surface area contributed by atoms with E-state index in [-0.39, 0.29) is 12.7 Å². The number of fused-ring (bicyclic) bond motifs is 1. The number of nitrogens with one attached hydrogen (secondary N) is 2. The Morgan fingerprint density at radius 2 is 2.16 bits per heavy atom. The van der Waals surface area contributed by atoms with Crippen molar-refractivity contribution in [2.75, 3.05) is 28.0 Å². The average molecular weight is 346 g/mol. The van der Waals surface area contributed by atoms with Crippen molar-refractivity contribution < 1.29 is 19.0 Å². The molecule has 0 saturated carbocycles. The molecule has 2 heterocycles. The molecule has 0 radical (unpaired) electrons. The van der Waals surface area contributed by atoms with Crippen molar-refractivity contribution in [3.05, 3.63) is 41.2 Å². The summed E-state index contributed by atoms with van der Waals surface area (Å²) in [6, 6.07) is 6.99. The van der Waals surface area contributed by atoms with Crippen LogP contribution >= 0.6 is 0 Å². The van der Waals surface area contributed by atoms with Crippen LogP contribution < -0.4 is 14.8 Å². The maximum Gasteiger partial charge on any atom is 0.242 e. The minimum Gasteiger partial charge on any atom is -0.454 e. The first-order chi connectivity index (χ1) is 12.1. The van der Waals surface area contributed by atoms with E-state index in [1.807, 2.05) is 43.3 Å². The van der Waals surface area contributed by atoms with E-state index in [9.17, 15) is 4.79 Å². The Morgan fingerprint density at radius 1 is 1.36 bits per heavy atom. The number of rotatable bonds is 7. The van der Waals surface area contributed by atoms with Crippen molar-refractivity contribution in [3.8, 4) is 11.5 Å². The maximum atomic E-state index is 12.7. The fourth-order valence-corrected chi connectivity index (χ4v) is 2.77. The molecule has 8 heteroatoms. The fraction of sp³-hybridized carbons (Fsp3) is 0.412. The largest absolute Gasteiger partial charge is 0.454 e. The SMILES string of the molecule is COCc1cc(CNC(=O)C(c2ccc3c(c2)OCO3)N(C)C)[nH]n1. The Kier molecular flexibility index (Phi) is 5.20. The van der Waals surface area contributed by atoms with Gasteiger partial charge in [-0.25, -0.2) is 0 Å². The van der Waals surface area contributed by atoms with Gasteiger partial charge in [0.1, 0.15) is 6.04 Å². The van der Waals surface area contributed by atoms with Crippen LogP contribution in [0.3, 0.4) is 0 Å². The van der Waals surface area contributed by atoms with E-state index in [0.29, 0.717) is 24.7 Å². The van der Waals surface area contributed by atoms with E-state index in [4.69, 9.17) is 14.2 Å². The summed E-state index contributed by atoms with van der Waals surface area (Å²) in [6.07, 6.45) is 0. The average Bonchev–Trinajstić information content (AvgIpc) is 3.21. The van der Waals surface area contributed by atoms with Crippen LogP contribution in [0, 0.1) is 0 Å². The van der Waals surface area contributed by atoms with Crippen molar-refractivity contribution in [2.45, 2.75) is 19.2 Å². The molecule has 1 unspecified atom stereocenters. The lowest BCUT2D eigenvalue weighted by Gasteiger charge is -2.24. The summed E-state index contributed by atoms with van der Waals surface area (Å²) < 4.78 is 15.8. The van der Waals surface area contributed by atoms with Crippen LogP contribution in [0.2, 0.25) is 0 Å². The number of nitrogens with zero attached hydrogens (tertiary/aromatic N) is 2. The second-order valence-electron chi connectivity index (χ2n) is 6.01. The minimum absolute atomic E-state index is 0.105. The Hall–Kier alpha value is -2.58. The van der Waals surface area contributed by atoms with E-state index in [0.717, 1.165) is 17.0 Å². The fourth-order valence-electron chi connectivity index (χ4n) is 2.77. The lowest BCUT2D eigenvalue weighted by atomic mass is 10.0. The van der Waals surface area contributed by atoms with Gasteiger partial charge in [-0.05, 0) is 37.9 Å². The van der Waals surface area contributed by atoms with Crippen LogP contribution in [0.15, 0.2) is 24.3 Å². The molecule has 0 bridgehead atoms. The van der Waals surface area contributed by atoms with Crippen LogP contribution in [0.25, 0.3) is 0 Å². The van der Waals surface area contributed by atoms with Gasteiger partial charge in [-0.2, -0.15) is 5.10 Å². The summed E-state index contributed by atoms with van der Waals surface area (Å²) in [7, 11) is 5.34. The molecule has 134 valence electrons. The molecule has 0 spiro atoms. The Labute approximate surface area is 146 Å². The van der Waals surface area contributed by atoms with Gasteiger partial charge in [-0.3, -0.25) is 14.8 Å². The van der Waals surface area contributed by atoms with Crippen molar-refractivity contribution in [2.24, 2.45) is 0 Å². The molecule has 0 aliphatic carbocycles. The summed E-state index contributed by atoms with van der Waals surface area (Å²) in [6.45, 7) is 1.01. The summed E-state index contributed by atoms with van der Waals surface area (Å²) in [5, 5.41) is 9.95. The third-order valence-corrected chi connectivity index (χ3v) is 3.91. The summed E-state index contributed by atoms with van der Waals surface area (Å²) in [5.74, 6) is 1.26. The number of amides is 1. The molecule has 2 N–H and O–H groups in total. The highest BCUT2D eigenvalue weighted by Crippen LogP contribution is 2.35. The van der Waals surface area contributed by atoms with Crippen LogP contribution in [0.5, 0.6) is 11.5 Å². The molecule has 1 aliphatic heterocycles. The second kappa shape index (κ2) is 7.54. The van der Waals surface area contributed by atoms with E-state index in [2.05, 4.69) is 15.5 Å². The van der Waals surface area contributed by atoms with Gasteiger partial charge in [-0.1, -0.05) is 6.07 Å². The predicted octanol–water partition coefficient (Wildman–Crippen LogP) is 1.20. The Morgan fingerprint density at radius 3 is 2.92 bits per heavy atom. The first-order valence-electron chi connectivity index (χ1n) is 7.94. The molecule has 1 aromatic carbocycles. The molecule has 2 aromatic rings. The van der Waals surface area contributed by atoms with Crippen molar-refractivity contribution in [3.63, 3.8) is 0 Å². The summed E-state index contributed by atoms with van der Waals surface area (Å²) >= 11 is 0. The molecule has 8 nitrogen and oxygen atoms in total. The Balaban J connectivity index is 1.68. The van der Waals surface area contributed by atoms with Gasteiger partial charge in [0.25, 0.3) is 0 Å². The van der Waals surface area contributed by atoms with Crippen molar-refractivity contribution >= 4 is 5.91 Å². The summed E-state index contributed by atoms with van der Waals surface area (Å²) in [5.41, 5.74) is 2.46. The van der Waals surface area contributed by atoms with Crippen molar-refractivity contribution in [1.29, 1.82) is 0 Å². The number of benzene rings is 1. The van der Waals surface area contributed by atoms with Crippen molar-refractivity contribution in [1.82, 2.24) is 20.4 Å².